The average Bonchev–Trinajstić information content (AvgIpc) is 3.64. The number of carbonyl (C=O) groups is 1. The molecule has 0 saturated carbocycles. The number of aryl methyl sites for hydroxylation is 1. The van der Waals surface area contributed by atoms with Crippen molar-refractivity contribution in [3.05, 3.63) is 67.1 Å². The van der Waals surface area contributed by atoms with E-state index in [0.29, 0.717) is 29.3 Å². The number of carbonyl (C=O) groups excluding carboxylic acids is 1. The lowest BCUT2D eigenvalue weighted by atomic mass is 10.0. The molecular formula is C27H25N9O. The number of H-pyrrole nitrogens is 2. The van der Waals surface area contributed by atoms with Crippen molar-refractivity contribution in [3.8, 4) is 28.3 Å². The zero-order valence-electron chi connectivity index (χ0n) is 20.5. The van der Waals surface area contributed by atoms with Crippen molar-refractivity contribution in [1.29, 1.82) is 0 Å². The highest BCUT2D eigenvalue weighted by atomic mass is 16.1. The summed E-state index contributed by atoms with van der Waals surface area (Å²) in [6, 6.07) is 9.89. The van der Waals surface area contributed by atoms with Gasteiger partial charge in [-0.15, -0.1) is 0 Å². The molecule has 3 N–H and O–H groups in total. The minimum Gasteiger partial charge on any atom is -0.333 e. The highest BCUT2D eigenvalue weighted by Gasteiger charge is 2.16. The van der Waals surface area contributed by atoms with Crippen molar-refractivity contribution >= 4 is 33.7 Å². The monoisotopic (exact) mass is 491 g/mol. The summed E-state index contributed by atoms with van der Waals surface area (Å²) in [5.41, 5.74) is 7.34. The van der Waals surface area contributed by atoms with E-state index in [1.807, 2.05) is 42.0 Å². The number of anilines is 1. The maximum atomic E-state index is 12.2. The molecule has 0 aliphatic carbocycles. The van der Waals surface area contributed by atoms with E-state index in [1.165, 1.54) is 0 Å². The topological polar surface area (TPSA) is 130 Å². The van der Waals surface area contributed by atoms with Gasteiger partial charge in [-0.3, -0.25) is 14.9 Å². The van der Waals surface area contributed by atoms with Crippen LogP contribution >= 0.6 is 0 Å². The number of hydrogen-bond acceptors (Lipinski definition) is 6. The van der Waals surface area contributed by atoms with E-state index >= 15 is 0 Å². The van der Waals surface area contributed by atoms with Crippen LogP contribution in [0.4, 0.5) is 5.69 Å². The fourth-order valence-corrected chi connectivity index (χ4v) is 4.38. The van der Waals surface area contributed by atoms with E-state index < -0.39 is 0 Å². The highest BCUT2D eigenvalue weighted by molar-refractivity contribution is 5.96. The Bertz CT molecular complexity index is 1740. The van der Waals surface area contributed by atoms with Gasteiger partial charge >= 0.3 is 0 Å². The Balaban J connectivity index is 1.37. The van der Waals surface area contributed by atoms with Gasteiger partial charge in [-0.25, -0.2) is 15.0 Å². The van der Waals surface area contributed by atoms with Crippen molar-refractivity contribution in [2.24, 2.45) is 0 Å². The van der Waals surface area contributed by atoms with Crippen LogP contribution in [-0.2, 0) is 4.79 Å². The van der Waals surface area contributed by atoms with Crippen molar-refractivity contribution in [1.82, 2.24) is 39.7 Å². The maximum Gasteiger partial charge on any atom is 0.224 e. The van der Waals surface area contributed by atoms with Crippen LogP contribution in [0.1, 0.15) is 31.9 Å². The molecule has 0 bridgehead atoms. The molecule has 1 aromatic carbocycles. The van der Waals surface area contributed by atoms with Crippen LogP contribution in [0.25, 0.3) is 50.4 Å². The van der Waals surface area contributed by atoms with Gasteiger partial charge in [0.1, 0.15) is 11.2 Å². The lowest BCUT2D eigenvalue weighted by Gasteiger charge is -2.07. The second kappa shape index (κ2) is 9.30. The third kappa shape index (κ3) is 4.33. The number of fused-ring (bicyclic) bond motifs is 2. The third-order valence-electron chi connectivity index (χ3n) is 6.26. The van der Waals surface area contributed by atoms with Gasteiger partial charge in [-0.1, -0.05) is 19.4 Å². The molecule has 6 rings (SSSR count). The Morgan fingerprint density at radius 1 is 1.11 bits per heavy atom. The summed E-state index contributed by atoms with van der Waals surface area (Å²) in [4.78, 5) is 33.4. The first-order chi connectivity index (χ1) is 18.1. The van der Waals surface area contributed by atoms with Crippen molar-refractivity contribution in [3.63, 3.8) is 0 Å². The second-order valence-electron chi connectivity index (χ2n) is 8.98. The fraction of sp³-hybridized carbons (Fsp3) is 0.185. The van der Waals surface area contributed by atoms with E-state index in [2.05, 4.69) is 48.4 Å². The molecule has 0 saturated heterocycles. The molecule has 0 unspecified atom stereocenters. The Morgan fingerprint density at radius 2 is 2.03 bits per heavy atom. The van der Waals surface area contributed by atoms with Gasteiger partial charge < -0.3 is 14.9 Å². The van der Waals surface area contributed by atoms with Gasteiger partial charge in [0.2, 0.25) is 5.91 Å². The van der Waals surface area contributed by atoms with Crippen LogP contribution < -0.4 is 5.32 Å². The largest absolute Gasteiger partial charge is 0.333 e. The van der Waals surface area contributed by atoms with Crippen molar-refractivity contribution < 1.29 is 4.79 Å². The fourth-order valence-electron chi connectivity index (χ4n) is 4.38. The lowest BCUT2D eigenvalue weighted by molar-refractivity contribution is -0.116. The summed E-state index contributed by atoms with van der Waals surface area (Å²) >= 11 is 0. The highest BCUT2D eigenvalue weighted by Crippen LogP contribution is 2.31. The zero-order chi connectivity index (χ0) is 25.4. The van der Waals surface area contributed by atoms with E-state index in [4.69, 9.17) is 4.98 Å². The number of imidazole rings is 2. The number of unbranched alkanes of at least 4 members (excludes halogenated alkanes) is 1. The molecule has 0 fully saturated rings. The van der Waals surface area contributed by atoms with Crippen LogP contribution in [0.2, 0.25) is 0 Å². The SMILES string of the molecule is CCCCC(=O)Nc1cncc(-c2ccc3[nH]nc(-c4nc5nccc(-n6cnc(C)c6)c5[nH]4)c3c2)c1. The number of rotatable bonds is 7. The quantitative estimate of drug-likeness (QED) is 0.282. The van der Waals surface area contributed by atoms with E-state index in [0.717, 1.165) is 51.8 Å². The van der Waals surface area contributed by atoms with Crippen molar-refractivity contribution in [2.75, 3.05) is 5.32 Å². The Morgan fingerprint density at radius 3 is 2.86 bits per heavy atom. The van der Waals surface area contributed by atoms with Crippen LogP contribution in [0.5, 0.6) is 0 Å². The van der Waals surface area contributed by atoms with Crippen LogP contribution in [-0.4, -0.2) is 45.6 Å². The molecule has 184 valence electrons. The van der Waals surface area contributed by atoms with Crippen LogP contribution in [0, 0.1) is 6.92 Å². The van der Waals surface area contributed by atoms with E-state index in [-0.39, 0.29) is 5.91 Å². The third-order valence-corrected chi connectivity index (χ3v) is 6.26. The Hall–Kier alpha value is -4.86. The zero-order valence-corrected chi connectivity index (χ0v) is 20.5. The number of hydrogen-bond donors (Lipinski definition) is 3. The van der Waals surface area contributed by atoms with Crippen LogP contribution in [0.15, 0.2) is 61.4 Å². The Kier molecular flexibility index (Phi) is 5.68. The molecule has 0 atom stereocenters. The molecule has 37 heavy (non-hydrogen) atoms. The lowest BCUT2D eigenvalue weighted by Crippen LogP contribution is -2.11. The summed E-state index contributed by atoms with van der Waals surface area (Å²) in [6.07, 6.45) is 11.3. The number of aromatic nitrogens is 8. The number of nitrogens with zero attached hydrogens (tertiary/aromatic N) is 6. The number of benzene rings is 1. The number of aromatic amines is 2. The molecule has 10 heteroatoms. The van der Waals surface area contributed by atoms with Gasteiger partial charge in [0.05, 0.1) is 35.1 Å². The predicted octanol–water partition coefficient (Wildman–Crippen LogP) is 5.19. The number of pyridine rings is 2. The maximum absolute atomic E-state index is 12.2. The molecule has 0 aliphatic rings. The van der Waals surface area contributed by atoms with E-state index in [9.17, 15) is 4.79 Å². The normalized spacial score (nSPS) is 11.4. The molecule has 10 nitrogen and oxygen atoms in total. The van der Waals surface area contributed by atoms with Gasteiger partial charge in [0.25, 0.3) is 0 Å². The first-order valence-corrected chi connectivity index (χ1v) is 12.2. The molecule has 1 amide bonds. The predicted molar refractivity (Wildman–Crippen MR) is 142 cm³/mol. The van der Waals surface area contributed by atoms with Crippen molar-refractivity contribution in [2.45, 2.75) is 33.1 Å². The first-order valence-electron chi connectivity index (χ1n) is 12.2. The molecule has 5 heterocycles. The van der Waals surface area contributed by atoms with Gasteiger partial charge in [-0.05, 0) is 43.2 Å². The number of nitrogens with one attached hydrogen (secondary N) is 3. The minimum atomic E-state index is -0.00269. The minimum absolute atomic E-state index is 0.00269. The standard InChI is InChI=1S/C27H25N9O/c1-3-4-5-23(37)31-19-10-18(12-28-13-19)17-6-7-21-20(11-17)24(35-34-21)27-32-25-22(8-9-29-26(25)33-27)36-14-16(2)30-15-36/h6-15H,3-5H2,1-2H3,(H,31,37)(H,34,35)(H,29,32,33). The average molecular weight is 492 g/mol. The Labute approximate surface area is 212 Å². The summed E-state index contributed by atoms with van der Waals surface area (Å²) in [5, 5.41) is 11.5. The van der Waals surface area contributed by atoms with Gasteiger partial charge in [0.15, 0.2) is 11.5 Å². The van der Waals surface area contributed by atoms with Crippen LogP contribution in [0.3, 0.4) is 0 Å². The molecule has 6 aromatic rings. The summed E-state index contributed by atoms with van der Waals surface area (Å²) < 4.78 is 1.95. The van der Waals surface area contributed by atoms with Gasteiger partial charge in [0, 0.05) is 36.0 Å². The summed E-state index contributed by atoms with van der Waals surface area (Å²) in [6.45, 7) is 4.02. The molecule has 0 radical (unpaired) electrons. The summed E-state index contributed by atoms with van der Waals surface area (Å²) in [5.74, 6) is 0.613. The smallest absolute Gasteiger partial charge is 0.224 e. The molecular weight excluding hydrogens is 466 g/mol. The molecule has 5 aromatic heterocycles. The molecule has 0 spiro atoms. The number of amides is 1. The van der Waals surface area contributed by atoms with Gasteiger partial charge in [-0.2, -0.15) is 5.10 Å². The summed E-state index contributed by atoms with van der Waals surface area (Å²) in [7, 11) is 0. The first kappa shape index (κ1) is 22.6. The molecule has 0 aliphatic heterocycles. The second-order valence-corrected chi connectivity index (χ2v) is 8.98. The van der Waals surface area contributed by atoms with E-state index in [1.54, 1.807) is 24.9 Å².